The first-order valence-electron chi connectivity index (χ1n) is 7.37. The van der Waals surface area contributed by atoms with Crippen molar-refractivity contribution in [1.82, 2.24) is 15.6 Å². The molecular formula is C16H21Cl2N3O2S. The van der Waals surface area contributed by atoms with Gasteiger partial charge in [0, 0.05) is 36.5 Å². The van der Waals surface area contributed by atoms with Crippen LogP contribution in [-0.2, 0) is 11.2 Å². The maximum absolute atomic E-state index is 12.0. The number of hydrogen-bond donors (Lipinski definition) is 3. The van der Waals surface area contributed by atoms with Gasteiger partial charge in [-0.3, -0.25) is 4.79 Å². The molecule has 0 radical (unpaired) electrons. The van der Waals surface area contributed by atoms with E-state index in [1.807, 2.05) is 35.7 Å². The number of nitrogens with zero attached hydrogens (tertiary/aromatic N) is 1. The molecule has 1 aliphatic rings. The van der Waals surface area contributed by atoms with Gasteiger partial charge in [0.1, 0.15) is 5.01 Å². The number of halogens is 2. The lowest BCUT2D eigenvalue weighted by atomic mass is 10.1. The molecule has 1 aliphatic heterocycles. The summed E-state index contributed by atoms with van der Waals surface area (Å²) in [7, 11) is 0. The van der Waals surface area contributed by atoms with Crippen molar-refractivity contribution < 1.29 is 9.90 Å². The van der Waals surface area contributed by atoms with Crippen LogP contribution in [0.4, 0.5) is 0 Å². The van der Waals surface area contributed by atoms with Gasteiger partial charge in [0.2, 0.25) is 5.91 Å². The van der Waals surface area contributed by atoms with Crippen molar-refractivity contribution >= 4 is 42.1 Å². The van der Waals surface area contributed by atoms with Crippen LogP contribution in [0.25, 0.3) is 10.6 Å². The third-order valence-corrected chi connectivity index (χ3v) is 4.72. The summed E-state index contributed by atoms with van der Waals surface area (Å²) in [5.41, 5.74) is 1.85. The van der Waals surface area contributed by atoms with Gasteiger partial charge in [0.05, 0.1) is 18.2 Å². The van der Waals surface area contributed by atoms with Crippen LogP contribution >= 0.6 is 36.2 Å². The zero-order chi connectivity index (χ0) is 15.4. The van der Waals surface area contributed by atoms with Crippen molar-refractivity contribution in [1.29, 1.82) is 0 Å². The van der Waals surface area contributed by atoms with Gasteiger partial charge in [0.15, 0.2) is 0 Å². The highest BCUT2D eigenvalue weighted by molar-refractivity contribution is 7.13. The number of amides is 1. The van der Waals surface area contributed by atoms with Crippen molar-refractivity contribution in [3.63, 3.8) is 0 Å². The molecule has 1 amide bonds. The number of aliphatic hydroxyl groups is 1. The normalized spacial score (nSPS) is 19.2. The molecule has 1 aromatic heterocycles. The molecule has 0 aliphatic carbocycles. The van der Waals surface area contributed by atoms with Gasteiger partial charge in [-0.1, -0.05) is 30.3 Å². The predicted octanol–water partition coefficient (Wildman–Crippen LogP) is 1.89. The SMILES string of the molecule is Cl.Cl.O=C(Cc1csc(-c2ccccc2)n1)NCC1CNCC1O. The third kappa shape index (κ3) is 5.43. The number of carbonyl (C=O) groups is 1. The highest BCUT2D eigenvalue weighted by Crippen LogP contribution is 2.23. The Kier molecular flexibility index (Phi) is 8.66. The van der Waals surface area contributed by atoms with E-state index in [0.29, 0.717) is 13.1 Å². The number of hydrogen-bond acceptors (Lipinski definition) is 5. The first-order valence-corrected chi connectivity index (χ1v) is 8.25. The van der Waals surface area contributed by atoms with Crippen molar-refractivity contribution in [2.45, 2.75) is 12.5 Å². The van der Waals surface area contributed by atoms with Gasteiger partial charge in [-0.25, -0.2) is 4.98 Å². The van der Waals surface area contributed by atoms with Crippen molar-refractivity contribution in [3.05, 3.63) is 41.4 Å². The minimum Gasteiger partial charge on any atom is -0.391 e. The Bertz CT molecular complexity index is 639. The summed E-state index contributed by atoms with van der Waals surface area (Å²) in [6.45, 7) is 1.85. The number of aliphatic hydroxyl groups excluding tert-OH is 1. The van der Waals surface area contributed by atoms with Crippen molar-refractivity contribution in [2.24, 2.45) is 5.92 Å². The van der Waals surface area contributed by atoms with Gasteiger partial charge in [0.25, 0.3) is 0 Å². The van der Waals surface area contributed by atoms with E-state index < -0.39 is 0 Å². The minimum atomic E-state index is -0.371. The molecule has 24 heavy (non-hydrogen) atoms. The Hall–Kier alpha value is -1.18. The van der Waals surface area contributed by atoms with E-state index in [0.717, 1.165) is 22.8 Å². The molecule has 1 fully saturated rings. The fraction of sp³-hybridized carbons (Fsp3) is 0.375. The lowest BCUT2D eigenvalue weighted by Crippen LogP contribution is -2.35. The van der Waals surface area contributed by atoms with E-state index in [-0.39, 0.29) is 49.2 Å². The number of benzene rings is 1. The Balaban J connectivity index is 0.00000144. The standard InChI is InChI=1S/C16H19N3O2S.2ClH/c20-14-9-17-7-12(14)8-18-15(21)6-13-10-22-16(19-13)11-4-2-1-3-5-11;;/h1-5,10,12,14,17,20H,6-9H2,(H,18,21);2*1H. The Labute approximate surface area is 157 Å². The first-order chi connectivity index (χ1) is 10.7. The van der Waals surface area contributed by atoms with E-state index in [2.05, 4.69) is 15.6 Å². The van der Waals surface area contributed by atoms with Crippen LogP contribution in [0.2, 0.25) is 0 Å². The molecule has 3 rings (SSSR count). The molecule has 5 nitrogen and oxygen atoms in total. The largest absolute Gasteiger partial charge is 0.391 e. The molecule has 2 aromatic rings. The van der Waals surface area contributed by atoms with E-state index in [1.165, 1.54) is 0 Å². The van der Waals surface area contributed by atoms with Gasteiger partial charge >= 0.3 is 0 Å². The molecule has 2 atom stereocenters. The molecule has 0 spiro atoms. The number of thiazole rings is 1. The lowest BCUT2D eigenvalue weighted by molar-refractivity contribution is -0.120. The van der Waals surface area contributed by atoms with Gasteiger partial charge < -0.3 is 15.7 Å². The summed E-state index contributed by atoms with van der Waals surface area (Å²) >= 11 is 1.55. The van der Waals surface area contributed by atoms with E-state index in [1.54, 1.807) is 11.3 Å². The van der Waals surface area contributed by atoms with Crippen LogP contribution in [0.15, 0.2) is 35.7 Å². The third-order valence-electron chi connectivity index (χ3n) is 3.78. The van der Waals surface area contributed by atoms with Gasteiger partial charge in [-0.05, 0) is 0 Å². The zero-order valence-corrected chi connectivity index (χ0v) is 15.4. The zero-order valence-electron chi connectivity index (χ0n) is 13.0. The Morgan fingerprint density at radius 3 is 2.71 bits per heavy atom. The minimum absolute atomic E-state index is 0. The van der Waals surface area contributed by atoms with Crippen LogP contribution < -0.4 is 10.6 Å². The summed E-state index contributed by atoms with van der Waals surface area (Å²) in [6, 6.07) is 9.94. The molecule has 3 N–H and O–H groups in total. The fourth-order valence-electron chi connectivity index (χ4n) is 2.50. The number of aromatic nitrogens is 1. The van der Waals surface area contributed by atoms with Crippen LogP contribution in [0.1, 0.15) is 5.69 Å². The molecule has 1 saturated heterocycles. The molecular weight excluding hydrogens is 369 g/mol. The van der Waals surface area contributed by atoms with Crippen molar-refractivity contribution in [3.8, 4) is 10.6 Å². The summed E-state index contributed by atoms with van der Waals surface area (Å²) in [5.74, 6) is 0.0447. The number of β-amino-alcohol motifs (C(OH)–C–C–N with tert-alkyl or cyclic N) is 1. The average Bonchev–Trinajstić information content (AvgIpc) is 3.15. The van der Waals surface area contributed by atoms with E-state index >= 15 is 0 Å². The fourth-order valence-corrected chi connectivity index (χ4v) is 3.33. The second-order valence-corrected chi connectivity index (χ2v) is 6.33. The number of nitrogens with one attached hydrogen (secondary N) is 2. The second-order valence-electron chi connectivity index (χ2n) is 5.48. The van der Waals surface area contributed by atoms with Gasteiger partial charge in [-0.2, -0.15) is 0 Å². The quantitative estimate of drug-likeness (QED) is 0.729. The van der Waals surface area contributed by atoms with Crippen LogP contribution in [-0.4, -0.2) is 41.7 Å². The summed E-state index contributed by atoms with van der Waals surface area (Å²) in [4.78, 5) is 16.5. The summed E-state index contributed by atoms with van der Waals surface area (Å²) < 4.78 is 0. The van der Waals surface area contributed by atoms with Crippen LogP contribution in [0, 0.1) is 5.92 Å². The number of rotatable bonds is 5. The topological polar surface area (TPSA) is 74.2 Å². The number of carbonyl (C=O) groups excluding carboxylic acids is 1. The molecule has 8 heteroatoms. The highest BCUT2D eigenvalue weighted by atomic mass is 35.5. The Morgan fingerprint density at radius 1 is 1.29 bits per heavy atom. The van der Waals surface area contributed by atoms with Crippen LogP contribution in [0.3, 0.4) is 0 Å². The average molecular weight is 390 g/mol. The molecule has 1 aromatic carbocycles. The van der Waals surface area contributed by atoms with Crippen LogP contribution in [0.5, 0.6) is 0 Å². The van der Waals surface area contributed by atoms with Gasteiger partial charge in [-0.15, -0.1) is 36.2 Å². The van der Waals surface area contributed by atoms with E-state index in [4.69, 9.17) is 0 Å². The smallest absolute Gasteiger partial charge is 0.226 e. The summed E-state index contributed by atoms with van der Waals surface area (Å²) in [6.07, 6.45) is -0.0937. The summed E-state index contributed by atoms with van der Waals surface area (Å²) in [5, 5.41) is 18.5. The maximum Gasteiger partial charge on any atom is 0.226 e. The lowest BCUT2D eigenvalue weighted by Gasteiger charge is -2.13. The second kappa shape index (κ2) is 9.96. The highest BCUT2D eigenvalue weighted by Gasteiger charge is 2.25. The van der Waals surface area contributed by atoms with Crippen molar-refractivity contribution in [2.75, 3.05) is 19.6 Å². The first kappa shape index (κ1) is 20.9. The maximum atomic E-state index is 12.0. The molecule has 0 saturated carbocycles. The van der Waals surface area contributed by atoms with E-state index in [9.17, 15) is 9.90 Å². The molecule has 132 valence electrons. The molecule has 2 heterocycles. The predicted molar refractivity (Wildman–Crippen MR) is 101 cm³/mol. The monoisotopic (exact) mass is 389 g/mol. The Morgan fingerprint density at radius 2 is 2.04 bits per heavy atom. The molecule has 0 bridgehead atoms. The molecule has 2 unspecified atom stereocenters.